The topological polar surface area (TPSA) is 44.8 Å². The average molecular weight is 104 g/mol. The van der Waals surface area contributed by atoms with Gasteiger partial charge in [0.25, 0.3) is 0 Å². The van der Waals surface area contributed by atoms with Gasteiger partial charge in [-0.1, -0.05) is 0 Å². The third-order valence-electron chi connectivity index (χ3n) is 0.269. The van der Waals surface area contributed by atoms with Crippen molar-refractivity contribution in [1.82, 2.24) is 0 Å². The second-order valence-electron chi connectivity index (χ2n) is 0.602. The van der Waals surface area contributed by atoms with Crippen LogP contribution in [0.4, 0.5) is 4.79 Å². The lowest BCUT2D eigenvalue weighted by Gasteiger charge is -1.75. The minimum Gasteiger partial charge on any atom is -0.454 e. The summed E-state index contributed by atoms with van der Waals surface area (Å²) < 4.78 is 8.11. The lowest BCUT2D eigenvalue weighted by molar-refractivity contribution is -0.124. The van der Waals surface area contributed by atoms with Crippen LogP contribution < -0.4 is 0 Å². The van der Waals surface area contributed by atoms with E-state index >= 15 is 0 Å². The van der Waals surface area contributed by atoms with Gasteiger partial charge in [-0.2, -0.15) is 4.58 Å². The molecule has 1 heterocycles. The van der Waals surface area contributed by atoms with Gasteiger partial charge in [-0.25, -0.2) is 4.79 Å². The van der Waals surface area contributed by atoms with E-state index in [1.54, 1.807) is 0 Å². The van der Waals surface area contributed by atoms with Crippen molar-refractivity contribution in [3.8, 4) is 0 Å². The summed E-state index contributed by atoms with van der Waals surface area (Å²) in [6.45, 7) is 0. The van der Waals surface area contributed by atoms with Gasteiger partial charge in [0.05, 0.1) is 0 Å². The van der Waals surface area contributed by atoms with Crippen molar-refractivity contribution in [2.45, 2.75) is 0 Å². The molecule has 0 N–H and O–H groups in total. The van der Waals surface area contributed by atoms with Crippen LogP contribution in [0.15, 0.2) is 0 Å². The van der Waals surface area contributed by atoms with Crippen LogP contribution in [0.5, 0.6) is 0 Å². The van der Waals surface area contributed by atoms with Crippen LogP contribution in [0.25, 0.3) is 0 Å². The van der Waals surface area contributed by atoms with Crippen LogP contribution in [-0.4, -0.2) is 16.2 Å². The van der Waals surface area contributed by atoms with Crippen molar-refractivity contribution in [3.63, 3.8) is 0 Å². The van der Waals surface area contributed by atoms with Gasteiger partial charge < -0.3 is 4.43 Å². The highest BCUT2D eigenvalue weighted by molar-refractivity contribution is 6.23. The predicted octanol–water partition coefficient (Wildman–Crippen LogP) is -0.381. The molecule has 0 aliphatic carbocycles. The number of hydrogen-bond donors (Lipinski definition) is 0. The first-order chi connectivity index (χ1) is 2.89. The summed E-state index contributed by atoms with van der Waals surface area (Å²) >= 11 is 0. The number of carbonyl (C=O) groups excluding carboxylic acids is 1. The van der Waals surface area contributed by atoms with Crippen LogP contribution >= 0.6 is 0 Å². The van der Waals surface area contributed by atoms with E-state index in [0.717, 1.165) is 0 Å². The molecule has 1 saturated heterocycles. The molecule has 0 bridgehead atoms. The molecule has 0 atom stereocenters. The Kier molecular flexibility index (Phi) is 0.769. The summed E-state index contributed by atoms with van der Waals surface area (Å²) in [6.07, 6.45) is -0.756. The van der Waals surface area contributed by atoms with Crippen LogP contribution in [0, 0.1) is 0 Å². The third-order valence-corrected chi connectivity index (χ3v) is 0.670. The Morgan fingerprint density at radius 3 is 2.67 bits per heavy atom. The third kappa shape index (κ3) is 0.497. The minimum absolute atomic E-state index is 0.283. The summed E-state index contributed by atoms with van der Waals surface area (Å²) in [5.41, 5.74) is 0. The minimum atomic E-state index is -0.756. The highest BCUT2D eigenvalue weighted by atomic mass is 28.3. The first-order valence-electron chi connectivity index (χ1n) is 1.19. The molecular formula is CO4Si. The maximum Gasteiger partial charge on any atom is 0.575 e. The van der Waals surface area contributed by atoms with Crippen LogP contribution in [0.2, 0.25) is 0 Å². The second-order valence-corrected chi connectivity index (χ2v) is 1.14. The Hall–Kier alpha value is -0.553. The van der Waals surface area contributed by atoms with Crippen molar-refractivity contribution in [2.75, 3.05) is 0 Å². The Morgan fingerprint density at radius 2 is 2.50 bits per heavy atom. The Balaban J connectivity index is 2.37. The fraction of sp³-hybridized carbons (Fsp3) is 0. The van der Waals surface area contributed by atoms with Gasteiger partial charge in [0.15, 0.2) is 0 Å². The molecule has 1 rings (SSSR count). The zero-order valence-corrected chi connectivity index (χ0v) is 3.63. The maximum absolute atomic E-state index is 9.68. The molecule has 0 saturated carbocycles. The molecule has 32 valence electrons. The summed E-state index contributed by atoms with van der Waals surface area (Å²) in [5.74, 6) is 0. The van der Waals surface area contributed by atoms with Crippen LogP contribution in [0.1, 0.15) is 0 Å². The molecule has 0 aromatic rings. The van der Waals surface area contributed by atoms with Crippen molar-refractivity contribution in [1.29, 1.82) is 0 Å². The predicted molar refractivity (Wildman–Crippen MR) is 14.4 cm³/mol. The Bertz CT molecular complexity index is 61.9. The van der Waals surface area contributed by atoms with E-state index in [4.69, 9.17) is 0 Å². The van der Waals surface area contributed by atoms with E-state index in [1.807, 2.05) is 0 Å². The van der Waals surface area contributed by atoms with E-state index in [0.29, 0.717) is 0 Å². The fourth-order valence-electron chi connectivity index (χ4n) is 0.119. The fourth-order valence-corrected chi connectivity index (χ4v) is 0.357. The molecule has 1 fully saturated rings. The largest absolute Gasteiger partial charge is 0.575 e. The number of hydrogen-bond acceptors (Lipinski definition) is 4. The molecule has 0 unspecified atom stereocenters. The van der Waals surface area contributed by atoms with Crippen LogP contribution in [0.3, 0.4) is 0 Å². The van der Waals surface area contributed by atoms with E-state index in [2.05, 4.69) is 13.9 Å². The van der Waals surface area contributed by atoms with Gasteiger partial charge in [0.1, 0.15) is 0 Å². The Morgan fingerprint density at radius 1 is 1.67 bits per heavy atom. The van der Waals surface area contributed by atoms with Crippen LogP contribution in [-0.2, 0) is 13.9 Å². The standard InChI is InChI=1S/CO4Si/c2-1-3-5-6-4-1. The van der Waals surface area contributed by atoms with E-state index in [9.17, 15) is 4.79 Å². The molecule has 0 aromatic heterocycles. The van der Waals surface area contributed by atoms with Gasteiger partial charge >= 0.3 is 16.2 Å². The normalized spacial score (nSPS) is 19.7. The smallest absolute Gasteiger partial charge is 0.454 e. The zero-order valence-electron chi connectivity index (χ0n) is 2.63. The quantitative estimate of drug-likeness (QED) is 0.310. The van der Waals surface area contributed by atoms with Crippen molar-refractivity contribution in [3.05, 3.63) is 0 Å². The van der Waals surface area contributed by atoms with Gasteiger partial charge in [-0.15, -0.1) is 0 Å². The maximum atomic E-state index is 9.68. The molecule has 0 spiro atoms. The van der Waals surface area contributed by atoms with Crippen molar-refractivity contribution >= 4 is 16.2 Å². The lowest BCUT2D eigenvalue weighted by Crippen LogP contribution is -1.89. The molecule has 4 nitrogen and oxygen atoms in total. The van der Waals surface area contributed by atoms with Gasteiger partial charge in [0.2, 0.25) is 0 Å². The molecule has 5 heteroatoms. The highest BCUT2D eigenvalue weighted by Gasteiger charge is 2.16. The lowest BCUT2D eigenvalue weighted by atomic mass is 11.4. The number of rotatable bonds is 0. The second kappa shape index (κ2) is 1.27. The van der Waals surface area contributed by atoms with Crippen molar-refractivity contribution < 1.29 is 18.7 Å². The van der Waals surface area contributed by atoms with Gasteiger partial charge in [-0.3, -0.25) is 4.89 Å². The van der Waals surface area contributed by atoms with E-state index in [-0.39, 0.29) is 10.0 Å². The van der Waals surface area contributed by atoms with Gasteiger partial charge in [-0.05, 0) is 0 Å². The SMILES string of the molecule is O=C1OO[Si]O1. The van der Waals surface area contributed by atoms with E-state index in [1.165, 1.54) is 0 Å². The highest BCUT2D eigenvalue weighted by Crippen LogP contribution is 1.91. The van der Waals surface area contributed by atoms with E-state index < -0.39 is 6.16 Å². The Labute approximate surface area is 36.0 Å². The summed E-state index contributed by atoms with van der Waals surface area (Å²) in [6, 6.07) is 0. The summed E-state index contributed by atoms with van der Waals surface area (Å²) in [5, 5.41) is 0. The zero-order chi connectivity index (χ0) is 4.41. The molecule has 6 heavy (non-hydrogen) atoms. The summed E-state index contributed by atoms with van der Waals surface area (Å²) in [7, 11) is -0.283. The number of carbonyl (C=O) groups is 1. The molecule has 2 radical (unpaired) electrons. The van der Waals surface area contributed by atoms with Crippen molar-refractivity contribution in [2.24, 2.45) is 0 Å². The molecule has 1 aliphatic heterocycles. The molecule has 0 aromatic carbocycles. The monoisotopic (exact) mass is 104 g/mol. The molecular weight excluding hydrogens is 104 g/mol. The summed E-state index contributed by atoms with van der Waals surface area (Å²) in [4.78, 5) is 13.5. The molecule has 1 aliphatic rings. The molecule has 0 amide bonds. The average Bonchev–Trinajstić information content (AvgIpc) is 1.86. The first-order valence-corrected chi connectivity index (χ1v) is 2.00. The first kappa shape index (κ1) is 3.63. The van der Waals surface area contributed by atoms with Gasteiger partial charge in [0, 0.05) is 0 Å².